The van der Waals surface area contributed by atoms with Crippen LogP contribution in [0.25, 0.3) is 6.08 Å². The molecule has 1 amide bonds. The summed E-state index contributed by atoms with van der Waals surface area (Å²) in [5, 5.41) is 24.5. The minimum Gasteiger partial charge on any atom is -0.506 e. The van der Waals surface area contributed by atoms with E-state index in [4.69, 9.17) is 4.74 Å². The Morgan fingerprint density at radius 1 is 1.07 bits per heavy atom. The van der Waals surface area contributed by atoms with Crippen LogP contribution >= 0.6 is 11.8 Å². The summed E-state index contributed by atoms with van der Waals surface area (Å²) in [6.07, 6.45) is 7.56. The Balaban J connectivity index is 1.03. The number of rotatable bonds is 10. The zero-order valence-electron chi connectivity index (χ0n) is 24.2. The van der Waals surface area contributed by atoms with Crippen LogP contribution in [0.1, 0.15) is 37.7 Å². The third-order valence-electron chi connectivity index (χ3n) is 7.63. The van der Waals surface area contributed by atoms with Gasteiger partial charge in [0, 0.05) is 50.5 Å². The van der Waals surface area contributed by atoms with Crippen molar-refractivity contribution in [3.05, 3.63) is 52.9 Å². The number of thioether (sulfide) groups is 1. The van der Waals surface area contributed by atoms with Crippen LogP contribution in [0.5, 0.6) is 11.5 Å². The molecular formula is C30H39N5O6S2. The fourth-order valence-electron chi connectivity index (χ4n) is 5.33. The Kier molecular flexibility index (Phi) is 10.2. The molecule has 2 fully saturated rings. The van der Waals surface area contributed by atoms with Gasteiger partial charge in [0.2, 0.25) is 10.0 Å². The van der Waals surface area contributed by atoms with Gasteiger partial charge in [-0.1, -0.05) is 12.1 Å². The monoisotopic (exact) mass is 629 g/mol. The molecule has 0 bridgehead atoms. The maximum absolute atomic E-state index is 12.5. The van der Waals surface area contributed by atoms with Crippen molar-refractivity contribution >= 4 is 50.3 Å². The first-order valence-corrected chi connectivity index (χ1v) is 17.3. The fourth-order valence-corrected chi connectivity index (χ4v) is 6.86. The number of nitrogens with one attached hydrogen (secondary N) is 2. The number of sulfonamides is 1. The molecule has 0 aromatic heterocycles. The van der Waals surface area contributed by atoms with Crippen molar-refractivity contribution < 1.29 is 28.2 Å². The zero-order valence-corrected chi connectivity index (χ0v) is 25.9. The van der Waals surface area contributed by atoms with E-state index in [1.807, 2.05) is 18.2 Å². The standard InChI is InChI=1S/C30H39N5O6S2/c1-43(39,40)33-26-18-25(9-10-27(26)37)41-20-24(36)19-31-22-11-15-34(16-12-22)23-7-5-21(6-8-23)17-28-29(38)32-30(42-28)35-13-3-2-4-14-35/h5-10,17-18,22,24,31,33,36-37H,2-4,11-16,19-20H2,1H3/b28-17+/t24-/m0/s1. The molecule has 0 unspecified atom stereocenters. The first kappa shape index (κ1) is 31.2. The summed E-state index contributed by atoms with van der Waals surface area (Å²) < 4.78 is 30.8. The van der Waals surface area contributed by atoms with Gasteiger partial charge in [-0.2, -0.15) is 4.99 Å². The number of hydrogen-bond donors (Lipinski definition) is 4. The van der Waals surface area contributed by atoms with Crippen molar-refractivity contribution in [2.45, 2.75) is 44.2 Å². The van der Waals surface area contributed by atoms with Gasteiger partial charge in [0.05, 0.1) is 16.8 Å². The number of phenolic OH excluding ortho intramolecular Hbond substituents is 1. The van der Waals surface area contributed by atoms with Crippen molar-refractivity contribution in [1.29, 1.82) is 0 Å². The molecule has 0 aliphatic carbocycles. The van der Waals surface area contributed by atoms with E-state index < -0.39 is 16.1 Å². The Morgan fingerprint density at radius 2 is 1.79 bits per heavy atom. The number of ether oxygens (including phenoxy) is 1. The summed E-state index contributed by atoms with van der Waals surface area (Å²) >= 11 is 1.48. The second kappa shape index (κ2) is 14.0. The lowest BCUT2D eigenvalue weighted by atomic mass is 10.0. The molecule has 43 heavy (non-hydrogen) atoms. The number of amides is 1. The van der Waals surface area contributed by atoms with Gasteiger partial charge in [-0.25, -0.2) is 8.42 Å². The first-order valence-electron chi connectivity index (χ1n) is 14.6. The van der Waals surface area contributed by atoms with Crippen molar-refractivity contribution in [2.75, 3.05) is 55.2 Å². The van der Waals surface area contributed by atoms with Crippen molar-refractivity contribution in [3.8, 4) is 11.5 Å². The summed E-state index contributed by atoms with van der Waals surface area (Å²) in [7, 11) is -3.55. The predicted molar refractivity (Wildman–Crippen MR) is 171 cm³/mol. The molecule has 3 heterocycles. The molecule has 4 N–H and O–H groups in total. The smallest absolute Gasteiger partial charge is 0.286 e. The predicted octanol–water partition coefficient (Wildman–Crippen LogP) is 3.22. The number of amidine groups is 1. The molecule has 232 valence electrons. The number of piperidine rings is 2. The molecule has 5 rings (SSSR count). The summed E-state index contributed by atoms with van der Waals surface area (Å²) in [6, 6.07) is 12.8. The largest absolute Gasteiger partial charge is 0.506 e. The van der Waals surface area contributed by atoms with E-state index in [1.54, 1.807) is 0 Å². The number of nitrogens with zero attached hydrogens (tertiary/aromatic N) is 3. The fraction of sp³-hybridized carbons (Fsp3) is 0.467. The van der Waals surface area contributed by atoms with E-state index >= 15 is 0 Å². The van der Waals surface area contributed by atoms with E-state index in [2.05, 4.69) is 37.0 Å². The zero-order chi connectivity index (χ0) is 30.4. The number of aliphatic hydroxyl groups excluding tert-OH is 1. The molecule has 0 saturated carbocycles. The molecule has 11 nitrogen and oxygen atoms in total. The molecule has 13 heteroatoms. The lowest BCUT2D eigenvalue weighted by molar-refractivity contribution is -0.113. The van der Waals surface area contributed by atoms with Gasteiger partial charge >= 0.3 is 0 Å². The number of carbonyl (C=O) groups excluding carboxylic acids is 1. The minimum atomic E-state index is -3.55. The minimum absolute atomic E-state index is 0.0189. The van der Waals surface area contributed by atoms with Crippen LogP contribution in [0.4, 0.5) is 11.4 Å². The van der Waals surface area contributed by atoms with Gasteiger partial charge in [0.25, 0.3) is 5.91 Å². The highest BCUT2D eigenvalue weighted by molar-refractivity contribution is 8.18. The van der Waals surface area contributed by atoms with Crippen LogP contribution in [-0.2, 0) is 14.8 Å². The van der Waals surface area contributed by atoms with E-state index in [1.165, 1.54) is 36.4 Å². The highest BCUT2D eigenvalue weighted by atomic mass is 32.2. The Bertz CT molecular complexity index is 1450. The van der Waals surface area contributed by atoms with Crippen LogP contribution in [0, 0.1) is 0 Å². The average Bonchev–Trinajstić information content (AvgIpc) is 3.36. The van der Waals surface area contributed by atoms with Gasteiger partial charge in [0.1, 0.15) is 24.2 Å². The molecule has 0 radical (unpaired) electrons. The van der Waals surface area contributed by atoms with Crippen molar-refractivity contribution in [2.24, 2.45) is 4.99 Å². The van der Waals surface area contributed by atoms with E-state index in [0.717, 1.165) is 74.5 Å². The number of benzene rings is 2. The third kappa shape index (κ3) is 8.88. The summed E-state index contributed by atoms with van der Waals surface area (Å²) in [4.78, 5) is 22.0. The second-order valence-electron chi connectivity index (χ2n) is 11.1. The lowest BCUT2D eigenvalue weighted by Crippen LogP contribution is -2.45. The van der Waals surface area contributed by atoms with Crippen LogP contribution in [0.3, 0.4) is 0 Å². The number of hydrogen-bond acceptors (Lipinski definition) is 10. The number of phenols is 1. The quantitative estimate of drug-likeness (QED) is 0.229. The SMILES string of the molecule is CS(=O)(=O)Nc1cc(OC[C@@H](O)CNC2CCN(c3ccc(/C=C4/SC(N5CCCCC5)=NC4=O)cc3)CC2)ccc1O. The van der Waals surface area contributed by atoms with E-state index in [0.29, 0.717) is 17.2 Å². The molecule has 2 saturated heterocycles. The number of aliphatic imine (C=N–C) groups is 1. The maximum Gasteiger partial charge on any atom is 0.286 e. The Morgan fingerprint density at radius 3 is 2.49 bits per heavy atom. The molecule has 3 aliphatic rings. The topological polar surface area (TPSA) is 144 Å². The van der Waals surface area contributed by atoms with Gasteiger partial charge in [-0.05, 0) is 79.8 Å². The van der Waals surface area contributed by atoms with Crippen LogP contribution in [0.2, 0.25) is 0 Å². The Labute approximate surface area is 257 Å². The second-order valence-corrected chi connectivity index (χ2v) is 13.9. The number of anilines is 2. The molecular weight excluding hydrogens is 590 g/mol. The summed E-state index contributed by atoms with van der Waals surface area (Å²) in [5.41, 5.74) is 2.14. The van der Waals surface area contributed by atoms with E-state index in [9.17, 15) is 23.4 Å². The molecule has 2 aromatic rings. The third-order valence-corrected chi connectivity index (χ3v) is 9.27. The van der Waals surface area contributed by atoms with Gasteiger partial charge in [-0.15, -0.1) is 0 Å². The highest BCUT2D eigenvalue weighted by Gasteiger charge is 2.27. The molecule has 0 spiro atoms. The number of likely N-dealkylation sites (tertiary alicyclic amines) is 1. The van der Waals surface area contributed by atoms with Crippen LogP contribution < -0.4 is 19.7 Å². The van der Waals surface area contributed by atoms with Gasteiger partial charge in [0.15, 0.2) is 5.17 Å². The molecule has 2 aromatic carbocycles. The molecule has 3 aliphatic heterocycles. The number of aliphatic hydroxyl groups is 1. The summed E-state index contributed by atoms with van der Waals surface area (Å²) in [5.74, 6) is -0.0315. The normalized spacial score (nSPS) is 19.9. The number of carbonyl (C=O) groups is 1. The first-order chi connectivity index (χ1) is 20.6. The van der Waals surface area contributed by atoms with Crippen molar-refractivity contribution in [3.63, 3.8) is 0 Å². The molecule has 1 atom stereocenters. The van der Waals surface area contributed by atoms with E-state index in [-0.39, 0.29) is 30.0 Å². The van der Waals surface area contributed by atoms with Gasteiger partial charge in [-0.3, -0.25) is 9.52 Å². The van der Waals surface area contributed by atoms with Gasteiger partial charge < -0.3 is 30.1 Å². The average molecular weight is 630 g/mol. The summed E-state index contributed by atoms with van der Waals surface area (Å²) in [6.45, 7) is 4.09. The highest BCUT2D eigenvalue weighted by Crippen LogP contribution is 2.32. The lowest BCUT2D eigenvalue weighted by Gasteiger charge is -2.34. The maximum atomic E-state index is 12.5. The number of aromatic hydroxyl groups is 1. The van der Waals surface area contributed by atoms with Crippen LogP contribution in [0.15, 0.2) is 52.4 Å². The van der Waals surface area contributed by atoms with Crippen LogP contribution in [-0.4, -0.2) is 92.3 Å². The Hall–Kier alpha value is -3.26. The van der Waals surface area contributed by atoms with Crippen molar-refractivity contribution in [1.82, 2.24) is 10.2 Å².